The maximum atomic E-state index is 14.9. The van der Waals surface area contributed by atoms with Gasteiger partial charge in [0.1, 0.15) is 38.3 Å². The average Bonchev–Trinajstić information content (AvgIpc) is 3.67. The summed E-state index contributed by atoms with van der Waals surface area (Å²) in [6.07, 6.45) is 1.29. The molecule has 0 aliphatic carbocycles. The Balaban J connectivity index is 1.09. The molecule has 0 bridgehead atoms. The largest absolute Gasteiger partial charge is 0.461 e. The number of rotatable bonds is 37. The van der Waals surface area contributed by atoms with Gasteiger partial charge in [-0.05, 0) is 72.4 Å². The van der Waals surface area contributed by atoms with Gasteiger partial charge in [0.2, 0.25) is 11.9 Å². The highest BCUT2D eigenvalue weighted by Gasteiger charge is 2.35. The second-order valence-corrected chi connectivity index (χ2v) is 22.4. The lowest BCUT2D eigenvalue weighted by molar-refractivity contribution is -0.152. The smallest absolute Gasteiger partial charge is 0.331 e. The van der Waals surface area contributed by atoms with E-state index in [2.05, 4.69) is 15.6 Å². The first-order valence-electron chi connectivity index (χ1n) is 27.9. The third-order valence-electron chi connectivity index (χ3n) is 13.2. The van der Waals surface area contributed by atoms with Gasteiger partial charge in [-0.1, -0.05) is 170 Å². The van der Waals surface area contributed by atoms with E-state index >= 15 is 0 Å². The highest BCUT2D eigenvalue weighted by atomic mass is 35.5. The van der Waals surface area contributed by atoms with E-state index < -0.39 is 73.3 Å². The zero-order valence-corrected chi connectivity index (χ0v) is 48.3. The standard InChI is InChI=1S/C64H70ClFN3O14P/c65-56-39-54(40-68-60(56)66)61(73)67-36-18-6-17-30-55(70)38-52(62(74)79-42-48-22-9-2-10-23-48)32-34-58(71)69-57(64(76)81-44-50-26-13-4-14-27-50)31-19-37-82-84(77,83-45-51-28-15-5-16-29-51)46-53(63(75)80-43-49-24-11-3-12-25-49)33-35-59(72)78-41-47-20-7-1-8-21-47/h1-5,7-16,20-29,39-40,52-53,57H,6,17-19,30-38,41-46H2,(H,67,73)(H,69,71)/t52-,53-,57+,84?/m1/s1/i66-1. The van der Waals surface area contributed by atoms with E-state index in [0.717, 1.165) is 17.3 Å². The predicted molar refractivity (Wildman–Crippen MR) is 311 cm³/mol. The van der Waals surface area contributed by atoms with E-state index in [0.29, 0.717) is 36.0 Å². The van der Waals surface area contributed by atoms with Gasteiger partial charge >= 0.3 is 31.5 Å². The molecule has 4 atom stereocenters. The monoisotopic (exact) mass is 1190 g/mol. The van der Waals surface area contributed by atoms with E-state index in [9.17, 15) is 42.5 Å². The Morgan fingerprint density at radius 2 is 1.02 bits per heavy atom. The molecule has 0 fully saturated rings. The van der Waals surface area contributed by atoms with Crippen LogP contribution in [0.4, 0.5) is 4.39 Å². The summed E-state index contributed by atoms with van der Waals surface area (Å²) in [5.41, 5.74) is 3.66. The van der Waals surface area contributed by atoms with Crippen molar-refractivity contribution in [3.05, 3.63) is 208 Å². The van der Waals surface area contributed by atoms with E-state index in [1.54, 1.807) is 97.1 Å². The predicted octanol–water partition coefficient (Wildman–Crippen LogP) is 11.6. The number of ketones is 1. The molecule has 5 aromatic carbocycles. The van der Waals surface area contributed by atoms with Crippen LogP contribution in [-0.2, 0) is 94.4 Å². The van der Waals surface area contributed by atoms with Gasteiger partial charge in [0.15, 0.2) is 0 Å². The second kappa shape index (κ2) is 36.0. The summed E-state index contributed by atoms with van der Waals surface area (Å²) in [4.78, 5) is 97.5. The minimum atomic E-state index is -4.23. The fourth-order valence-electron chi connectivity index (χ4n) is 8.53. The zero-order valence-electron chi connectivity index (χ0n) is 46.6. The first-order chi connectivity index (χ1) is 40.7. The fraction of sp³-hybridized carbons (Fsp3) is 0.344. The number of nitrogens with zero attached hydrogens (tertiary/aromatic N) is 1. The number of halogens is 2. The number of carbonyl (C=O) groups excluding carboxylic acids is 7. The van der Waals surface area contributed by atoms with Crippen LogP contribution in [0, 0.1) is 17.8 Å². The highest BCUT2D eigenvalue weighted by Crippen LogP contribution is 2.51. The van der Waals surface area contributed by atoms with Gasteiger partial charge in [0.25, 0.3) is 5.91 Å². The molecule has 0 saturated heterocycles. The van der Waals surface area contributed by atoms with Crippen molar-refractivity contribution < 1.29 is 70.5 Å². The molecule has 20 heteroatoms. The quantitative estimate of drug-likeness (QED) is 0.0121. The Morgan fingerprint density at radius 3 is 1.56 bits per heavy atom. The van der Waals surface area contributed by atoms with Crippen molar-refractivity contribution in [2.45, 2.75) is 110 Å². The van der Waals surface area contributed by atoms with Crippen molar-refractivity contribution in [1.82, 2.24) is 15.6 Å². The van der Waals surface area contributed by atoms with Crippen LogP contribution in [-0.4, -0.2) is 71.8 Å². The van der Waals surface area contributed by atoms with Crippen molar-refractivity contribution in [3.63, 3.8) is 0 Å². The molecule has 0 spiro atoms. The Bertz CT molecular complexity index is 3080. The van der Waals surface area contributed by atoms with Crippen LogP contribution in [0.3, 0.4) is 0 Å². The molecule has 0 aliphatic rings. The molecule has 0 saturated carbocycles. The molecule has 1 unspecified atom stereocenters. The minimum Gasteiger partial charge on any atom is -0.461 e. The number of hydrogen-bond donors (Lipinski definition) is 2. The molecule has 444 valence electrons. The van der Waals surface area contributed by atoms with Gasteiger partial charge in [-0.3, -0.25) is 33.3 Å². The topological polar surface area (TPSA) is 229 Å². The molecule has 0 aliphatic heterocycles. The third-order valence-corrected chi connectivity index (χ3v) is 15.5. The summed E-state index contributed by atoms with van der Waals surface area (Å²) in [6.45, 7) is -0.396. The Kier molecular flexibility index (Phi) is 27.9. The third kappa shape index (κ3) is 24.5. The Hall–Kier alpha value is -7.89. The minimum absolute atomic E-state index is 0.0177. The van der Waals surface area contributed by atoms with Crippen LogP contribution in [0.5, 0.6) is 0 Å². The van der Waals surface area contributed by atoms with Crippen molar-refractivity contribution in [2.24, 2.45) is 11.8 Å². The molecule has 6 aromatic rings. The second-order valence-electron chi connectivity index (χ2n) is 19.9. The summed E-state index contributed by atoms with van der Waals surface area (Å²) in [6, 6.07) is 44.8. The van der Waals surface area contributed by atoms with Crippen LogP contribution in [0.15, 0.2) is 164 Å². The Morgan fingerprint density at radius 1 is 0.536 bits per heavy atom. The van der Waals surface area contributed by atoms with Crippen molar-refractivity contribution in [1.29, 1.82) is 0 Å². The number of pyridine rings is 1. The van der Waals surface area contributed by atoms with Gasteiger partial charge in [-0.2, -0.15) is 4.39 Å². The number of amides is 2. The van der Waals surface area contributed by atoms with Gasteiger partial charge in [-0.15, -0.1) is 0 Å². The number of carbonyl (C=O) groups is 7. The van der Waals surface area contributed by atoms with Gasteiger partial charge in [-0.25, -0.2) is 9.78 Å². The molecular formula is C64H70ClFN3O14P. The summed E-state index contributed by atoms with van der Waals surface area (Å²) in [7, 11) is -4.23. The lowest BCUT2D eigenvalue weighted by atomic mass is 9.94. The van der Waals surface area contributed by atoms with Gasteiger partial charge < -0.3 is 38.6 Å². The molecule has 1 heterocycles. The normalized spacial score (nSPS) is 12.8. The molecule has 6 rings (SSSR count). The summed E-state index contributed by atoms with van der Waals surface area (Å²) in [5.74, 6) is -7.15. The number of aromatic nitrogens is 1. The lowest BCUT2D eigenvalue weighted by Gasteiger charge is -2.24. The molecule has 1 aromatic heterocycles. The van der Waals surface area contributed by atoms with Crippen LogP contribution in [0.25, 0.3) is 0 Å². The first-order valence-corrected chi connectivity index (χ1v) is 30.0. The van der Waals surface area contributed by atoms with Crippen LogP contribution in [0.1, 0.15) is 109 Å². The van der Waals surface area contributed by atoms with E-state index in [4.69, 9.17) is 39.6 Å². The van der Waals surface area contributed by atoms with E-state index in [1.807, 2.05) is 54.6 Å². The molecule has 2 amide bonds. The number of unbranched alkanes of at least 4 members (excludes halogenated alkanes) is 2. The fourth-order valence-corrected chi connectivity index (χ4v) is 10.6. The Labute approximate surface area is 493 Å². The van der Waals surface area contributed by atoms with E-state index in [-0.39, 0.29) is 114 Å². The number of esters is 4. The number of benzene rings is 5. The maximum Gasteiger partial charge on any atom is 0.331 e. The molecular weight excluding hydrogens is 1120 g/mol. The lowest BCUT2D eigenvalue weighted by Crippen LogP contribution is -2.42. The SMILES string of the molecule is O=C(CCCCCNC(=O)c1cnc([18F])c(Cl)c1)C[C@@H](CCC(=O)N[C@@H](CCCOP(=O)(C[C@@H](CCC(=O)OCc1ccccc1)C(=O)OCc1ccccc1)OCc1ccccc1)C(=O)OCc1ccccc1)C(=O)OCc1ccccc1. The highest BCUT2D eigenvalue weighted by molar-refractivity contribution is 7.53. The number of ether oxygens (including phenoxy) is 4. The van der Waals surface area contributed by atoms with Crippen LogP contribution in [0.2, 0.25) is 5.02 Å². The first kappa shape index (κ1) is 65.3. The number of hydrogen-bond acceptors (Lipinski definition) is 15. The van der Waals surface area contributed by atoms with Crippen molar-refractivity contribution in [2.75, 3.05) is 19.3 Å². The summed E-state index contributed by atoms with van der Waals surface area (Å²) < 4.78 is 63.0. The maximum absolute atomic E-state index is 14.9. The average molecular weight is 1190 g/mol. The summed E-state index contributed by atoms with van der Waals surface area (Å²) >= 11 is 5.75. The van der Waals surface area contributed by atoms with Crippen LogP contribution >= 0.6 is 19.2 Å². The van der Waals surface area contributed by atoms with Crippen LogP contribution < -0.4 is 10.6 Å². The van der Waals surface area contributed by atoms with Gasteiger partial charge in [0.05, 0.1) is 41.8 Å². The van der Waals surface area contributed by atoms with E-state index in [1.165, 1.54) is 6.07 Å². The van der Waals surface area contributed by atoms with Gasteiger partial charge in [0, 0.05) is 38.4 Å². The molecule has 2 N–H and O–H groups in total. The molecule has 84 heavy (non-hydrogen) atoms. The molecule has 17 nitrogen and oxygen atoms in total. The van der Waals surface area contributed by atoms with Crippen molar-refractivity contribution >= 4 is 60.7 Å². The zero-order chi connectivity index (χ0) is 59.8. The molecule has 0 radical (unpaired) electrons. The number of nitrogens with one attached hydrogen (secondary N) is 2. The number of Topliss-reactive ketones (excluding diaryl/α,β-unsaturated/α-hetero) is 1. The summed E-state index contributed by atoms with van der Waals surface area (Å²) in [5, 5.41) is 5.17. The van der Waals surface area contributed by atoms with Crippen molar-refractivity contribution in [3.8, 4) is 0 Å².